The highest BCUT2D eigenvalue weighted by molar-refractivity contribution is 5.76. The minimum absolute atomic E-state index is 0.146. The van der Waals surface area contributed by atoms with E-state index in [2.05, 4.69) is 5.32 Å². The summed E-state index contributed by atoms with van der Waals surface area (Å²) >= 11 is 0. The second-order valence-electron chi connectivity index (χ2n) is 4.68. The summed E-state index contributed by atoms with van der Waals surface area (Å²) < 4.78 is 5.24. The standard InChI is InChI=1S/C11H20N2O2/c12-6-10(9-1-2-9)13-11(14)5-8-3-4-15-7-8/h8-10H,1-7,12H2,(H,13,14). The van der Waals surface area contributed by atoms with Crippen LogP contribution in [-0.4, -0.2) is 31.7 Å². The zero-order chi connectivity index (χ0) is 10.7. The zero-order valence-corrected chi connectivity index (χ0v) is 9.08. The Bertz CT molecular complexity index is 223. The molecule has 1 saturated heterocycles. The number of nitrogens with two attached hydrogens (primary N) is 1. The third kappa shape index (κ3) is 3.18. The van der Waals surface area contributed by atoms with E-state index in [1.807, 2.05) is 0 Å². The molecule has 15 heavy (non-hydrogen) atoms. The Kier molecular flexibility index (Phi) is 3.59. The molecule has 2 aliphatic rings. The van der Waals surface area contributed by atoms with Gasteiger partial charge in [0.2, 0.25) is 5.91 Å². The van der Waals surface area contributed by atoms with Crippen LogP contribution in [0.4, 0.5) is 0 Å². The first-order valence-electron chi connectivity index (χ1n) is 5.86. The summed E-state index contributed by atoms with van der Waals surface area (Å²) in [5, 5.41) is 3.04. The Hall–Kier alpha value is -0.610. The highest BCUT2D eigenvalue weighted by Gasteiger charge is 2.31. The molecule has 4 heteroatoms. The molecule has 1 aliphatic carbocycles. The topological polar surface area (TPSA) is 64.3 Å². The van der Waals surface area contributed by atoms with Crippen molar-refractivity contribution < 1.29 is 9.53 Å². The SMILES string of the molecule is NCC(NC(=O)CC1CCOC1)C1CC1. The maximum atomic E-state index is 11.7. The molecular weight excluding hydrogens is 192 g/mol. The van der Waals surface area contributed by atoms with Gasteiger partial charge in [-0.15, -0.1) is 0 Å². The monoisotopic (exact) mass is 212 g/mol. The largest absolute Gasteiger partial charge is 0.381 e. The molecule has 0 aromatic rings. The number of hydrogen-bond acceptors (Lipinski definition) is 3. The van der Waals surface area contributed by atoms with Gasteiger partial charge in [0.15, 0.2) is 0 Å². The van der Waals surface area contributed by atoms with E-state index in [0.29, 0.717) is 24.8 Å². The van der Waals surface area contributed by atoms with Gasteiger partial charge in [0, 0.05) is 32.2 Å². The van der Waals surface area contributed by atoms with Crippen LogP contribution in [0, 0.1) is 11.8 Å². The van der Waals surface area contributed by atoms with Crippen molar-refractivity contribution in [2.75, 3.05) is 19.8 Å². The molecule has 2 fully saturated rings. The van der Waals surface area contributed by atoms with E-state index in [1.165, 1.54) is 12.8 Å². The molecule has 2 atom stereocenters. The maximum absolute atomic E-state index is 11.7. The summed E-state index contributed by atoms with van der Waals surface area (Å²) in [5.74, 6) is 1.20. The lowest BCUT2D eigenvalue weighted by atomic mass is 10.0. The van der Waals surface area contributed by atoms with Crippen LogP contribution in [-0.2, 0) is 9.53 Å². The fourth-order valence-electron chi connectivity index (χ4n) is 2.14. The first kappa shape index (κ1) is 10.9. The molecule has 1 saturated carbocycles. The lowest BCUT2D eigenvalue weighted by Gasteiger charge is -2.17. The van der Waals surface area contributed by atoms with Crippen molar-refractivity contribution in [1.29, 1.82) is 0 Å². The summed E-state index contributed by atoms with van der Waals surface area (Å²) in [5.41, 5.74) is 5.63. The number of carbonyl (C=O) groups is 1. The van der Waals surface area contributed by atoms with Crippen molar-refractivity contribution in [1.82, 2.24) is 5.32 Å². The van der Waals surface area contributed by atoms with Gasteiger partial charge in [0.25, 0.3) is 0 Å². The van der Waals surface area contributed by atoms with Crippen LogP contribution in [0.15, 0.2) is 0 Å². The highest BCUT2D eigenvalue weighted by atomic mass is 16.5. The van der Waals surface area contributed by atoms with Crippen molar-refractivity contribution >= 4 is 5.91 Å². The van der Waals surface area contributed by atoms with Gasteiger partial charge in [-0.1, -0.05) is 0 Å². The molecule has 0 aromatic heterocycles. The van der Waals surface area contributed by atoms with Crippen LogP contribution in [0.25, 0.3) is 0 Å². The lowest BCUT2D eigenvalue weighted by molar-refractivity contribution is -0.122. The van der Waals surface area contributed by atoms with Crippen molar-refractivity contribution in [3.8, 4) is 0 Å². The number of rotatable bonds is 5. The van der Waals surface area contributed by atoms with E-state index in [9.17, 15) is 4.79 Å². The molecule has 0 bridgehead atoms. The predicted molar refractivity (Wildman–Crippen MR) is 57.3 cm³/mol. The summed E-state index contributed by atoms with van der Waals surface area (Å²) in [7, 11) is 0. The quantitative estimate of drug-likeness (QED) is 0.687. The Balaban J connectivity index is 1.70. The predicted octanol–water partition coefficient (Wildman–Crippen LogP) is 0.266. The molecular formula is C11H20N2O2. The van der Waals surface area contributed by atoms with E-state index in [-0.39, 0.29) is 11.9 Å². The van der Waals surface area contributed by atoms with Gasteiger partial charge in [-0.3, -0.25) is 4.79 Å². The number of nitrogens with one attached hydrogen (secondary N) is 1. The fourth-order valence-corrected chi connectivity index (χ4v) is 2.14. The summed E-state index contributed by atoms with van der Waals surface area (Å²) in [6.07, 6.45) is 4.05. The van der Waals surface area contributed by atoms with Gasteiger partial charge < -0.3 is 15.8 Å². The Morgan fingerprint density at radius 3 is 2.80 bits per heavy atom. The summed E-state index contributed by atoms with van der Waals surface area (Å²) in [6.45, 7) is 2.11. The average molecular weight is 212 g/mol. The van der Waals surface area contributed by atoms with E-state index in [4.69, 9.17) is 10.5 Å². The number of hydrogen-bond donors (Lipinski definition) is 2. The fraction of sp³-hybridized carbons (Fsp3) is 0.909. The molecule has 3 N–H and O–H groups in total. The Morgan fingerprint density at radius 2 is 2.27 bits per heavy atom. The minimum atomic E-state index is 0.146. The van der Waals surface area contributed by atoms with Gasteiger partial charge in [0.05, 0.1) is 0 Å². The normalized spacial score (nSPS) is 27.7. The van der Waals surface area contributed by atoms with E-state index >= 15 is 0 Å². The first-order valence-corrected chi connectivity index (χ1v) is 5.86. The van der Waals surface area contributed by atoms with Crippen molar-refractivity contribution in [2.24, 2.45) is 17.6 Å². The van der Waals surface area contributed by atoms with E-state index < -0.39 is 0 Å². The molecule has 0 aromatic carbocycles. The molecule has 86 valence electrons. The smallest absolute Gasteiger partial charge is 0.220 e. The number of carbonyl (C=O) groups excluding carboxylic acids is 1. The van der Waals surface area contributed by atoms with Crippen molar-refractivity contribution in [3.05, 3.63) is 0 Å². The molecule has 4 nitrogen and oxygen atoms in total. The highest BCUT2D eigenvalue weighted by Crippen LogP contribution is 2.32. The first-order chi connectivity index (χ1) is 7.29. The van der Waals surface area contributed by atoms with Crippen LogP contribution in [0.3, 0.4) is 0 Å². The Labute approximate surface area is 90.5 Å². The second-order valence-corrected chi connectivity index (χ2v) is 4.68. The minimum Gasteiger partial charge on any atom is -0.381 e. The molecule has 1 aliphatic heterocycles. The molecule has 2 rings (SSSR count). The van der Waals surface area contributed by atoms with E-state index in [0.717, 1.165) is 19.6 Å². The summed E-state index contributed by atoms with van der Waals surface area (Å²) in [6, 6.07) is 0.208. The second kappa shape index (κ2) is 4.94. The van der Waals surface area contributed by atoms with Gasteiger partial charge in [-0.2, -0.15) is 0 Å². The van der Waals surface area contributed by atoms with Crippen LogP contribution in [0.2, 0.25) is 0 Å². The molecule has 2 unspecified atom stereocenters. The molecule has 0 spiro atoms. The molecule has 0 radical (unpaired) electrons. The maximum Gasteiger partial charge on any atom is 0.220 e. The van der Waals surface area contributed by atoms with E-state index in [1.54, 1.807) is 0 Å². The lowest BCUT2D eigenvalue weighted by Crippen LogP contribution is -2.42. The molecule has 1 amide bonds. The van der Waals surface area contributed by atoms with Crippen molar-refractivity contribution in [2.45, 2.75) is 31.7 Å². The van der Waals surface area contributed by atoms with Crippen LogP contribution < -0.4 is 11.1 Å². The average Bonchev–Trinajstić information content (AvgIpc) is 2.95. The van der Waals surface area contributed by atoms with Crippen LogP contribution >= 0.6 is 0 Å². The van der Waals surface area contributed by atoms with Crippen LogP contribution in [0.5, 0.6) is 0 Å². The van der Waals surface area contributed by atoms with Crippen LogP contribution in [0.1, 0.15) is 25.7 Å². The summed E-state index contributed by atoms with van der Waals surface area (Å²) in [4.78, 5) is 11.7. The van der Waals surface area contributed by atoms with Gasteiger partial charge in [0.1, 0.15) is 0 Å². The third-order valence-electron chi connectivity index (χ3n) is 3.29. The number of amides is 1. The zero-order valence-electron chi connectivity index (χ0n) is 9.08. The van der Waals surface area contributed by atoms with Gasteiger partial charge >= 0.3 is 0 Å². The van der Waals surface area contributed by atoms with Crippen molar-refractivity contribution in [3.63, 3.8) is 0 Å². The van der Waals surface area contributed by atoms with Gasteiger partial charge in [-0.05, 0) is 31.1 Å². The Morgan fingerprint density at radius 1 is 1.47 bits per heavy atom. The van der Waals surface area contributed by atoms with Gasteiger partial charge in [-0.25, -0.2) is 0 Å². The molecule has 1 heterocycles. The third-order valence-corrected chi connectivity index (χ3v) is 3.29. The number of ether oxygens (including phenoxy) is 1.